The van der Waals surface area contributed by atoms with Gasteiger partial charge in [0, 0.05) is 0 Å². The molecule has 0 aliphatic heterocycles. The van der Waals surface area contributed by atoms with E-state index in [2.05, 4.69) is 39.9 Å². The first-order valence-corrected chi connectivity index (χ1v) is 14.0. The van der Waals surface area contributed by atoms with Crippen LogP contribution in [0, 0.1) is 0 Å². The molecule has 8 aromatic rings. The molecule has 1 radical (unpaired) electrons. The standard InChI is InChI=1S/2C16H14N4O2.Cu/c2*21-13(15-17-9-5-1-2-6-10(9)18-15)14(22)16-19-11-7-3-4-8-12(11)20-16;/h2*1-8,13-14,21-22H,(H,17,18)(H,19,20);/q;;+2. The summed E-state index contributed by atoms with van der Waals surface area (Å²) in [6, 6.07) is 29.8. The van der Waals surface area contributed by atoms with Crippen molar-refractivity contribution in [3.05, 3.63) is 120 Å². The van der Waals surface area contributed by atoms with Gasteiger partial charge >= 0.3 is 17.1 Å². The summed E-state index contributed by atoms with van der Waals surface area (Å²) >= 11 is 0. The first-order valence-electron chi connectivity index (χ1n) is 14.0. The van der Waals surface area contributed by atoms with Crippen molar-refractivity contribution in [2.75, 3.05) is 0 Å². The van der Waals surface area contributed by atoms with E-state index >= 15 is 0 Å². The Morgan fingerprint density at radius 1 is 0.356 bits per heavy atom. The van der Waals surface area contributed by atoms with Crippen molar-refractivity contribution in [3.8, 4) is 0 Å². The molecule has 4 atom stereocenters. The largest absolute Gasteiger partial charge is 2.00 e. The molecule has 0 fully saturated rings. The van der Waals surface area contributed by atoms with Crippen LogP contribution in [0.4, 0.5) is 0 Å². The number of imidazole rings is 4. The van der Waals surface area contributed by atoms with Crippen LogP contribution in [0.5, 0.6) is 0 Å². The van der Waals surface area contributed by atoms with E-state index in [1.165, 1.54) is 0 Å². The van der Waals surface area contributed by atoms with Crippen LogP contribution in [0.1, 0.15) is 47.7 Å². The van der Waals surface area contributed by atoms with Crippen LogP contribution in [0.2, 0.25) is 0 Å². The molecule has 0 amide bonds. The molecule has 229 valence electrons. The minimum Gasteiger partial charge on any atom is -0.382 e. The number of nitrogens with zero attached hydrogens (tertiary/aromatic N) is 4. The molecular formula is C32H28CuN8O4+2. The van der Waals surface area contributed by atoms with Gasteiger partial charge in [0.2, 0.25) is 0 Å². The van der Waals surface area contributed by atoms with Gasteiger partial charge in [-0.15, -0.1) is 0 Å². The Morgan fingerprint density at radius 3 is 0.756 bits per heavy atom. The first kappa shape index (κ1) is 30.2. The molecule has 0 aliphatic carbocycles. The maximum atomic E-state index is 10.4. The molecule has 4 heterocycles. The van der Waals surface area contributed by atoms with Crippen LogP contribution in [-0.2, 0) is 17.1 Å². The summed E-state index contributed by atoms with van der Waals surface area (Å²) in [7, 11) is 0. The van der Waals surface area contributed by atoms with Gasteiger partial charge in [-0.05, 0) is 48.5 Å². The normalized spacial score (nSPS) is 14.1. The SMILES string of the molecule is OC(c1nc2ccccc2[nH]1)C(O)c1nc2ccccc2[nH]1.OC(c1nc2ccccc2[nH]1)C(O)c1nc2ccccc2[nH]1.[Cu+2]. The van der Waals surface area contributed by atoms with Crippen LogP contribution < -0.4 is 0 Å². The third-order valence-electron chi connectivity index (χ3n) is 7.35. The number of aliphatic hydroxyl groups excluding tert-OH is 4. The number of aromatic amines is 4. The van der Waals surface area contributed by atoms with Crippen molar-refractivity contribution in [3.63, 3.8) is 0 Å². The second kappa shape index (κ2) is 12.6. The number of hydrogen-bond donors (Lipinski definition) is 8. The fourth-order valence-corrected chi connectivity index (χ4v) is 5.05. The number of fused-ring (bicyclic) bond motifs is 4. The summed E-state index contributed by atoms with van der Waals surface area (Å²) in [6.45, 7) is 0. The summed E-state index contributed by atoms with van der Waals surface area (Å²) < 4.78 is 0. The maximum absolute atomic E-state index is 10.4. The van der Waals surface area contributed by atoms with E-state index in [-0.39, 0.29) is 17.1 Å². The van der Waals surface area contributed by atoms with Crippen LogP contribution in [0.3, 0.4) is 0 Å². The zero-order chi connectivity index (χ0) is 30.2. The molecule has 8 rings (SSSR count). The summed E-state index contributed by atoms with van der Waals surface area (Å²) in [4.78, 5) is 29.3. The topological polar surface area (TPSA) is 196 Å². The predicted octanol–water partition coefficient (Wildman–Crippen LogP) is 4.41. The maximum Gasteiger partial charge on any atom is 2.00 e. The number of hydrogen-bond acceptors (Lipinski definition) is 8. The van der Waals surface area contributed by atoms with Gasteiger partial charge < -0.3 is 40.4 Å². The Morgan fingerprint density at radius 2 is 0.556 bits per heavy atom. The Labute approximate surface area is 265 Å². The Bertz CT molecular complexity index is 1760. The van der Waals surface area contributed by atoms with Crippen molar-refractivity contribution in [1.29, 1.82) is 0 Å². The Balaban J connectivity index is 0.000000155. The van der Waals surface area contributed by atoms with Gasteiger partial charge in [0.25, 0.3) is 0 Å². The summed E-state index contributed by atoms with van der Waals surface area (Å²) in [5.74, 6) is 1.26. The second-order valence-corrected chi connectivity index (χ2v) is 10.3. The molecule has 0 spiro atoms. The molecule has 13 heteroatoms. The van der Waals surface area contributed by atoms with Crippen molar-refractivity contribution >= 4 is 44.1 Å². The first-order chi connectivity index (χ1) is 21.4. The van der Waals surface area contributed by atoms with Crippen LogP contribution in [0.15, 0.2) is 97.1 Å². The van der Waals surface area contributed by atoms with Gasteiger partial charge in [0.1, 0.15) is 47.7 Å². The van der Waals surface area contributed by atoms with Gasteiger partial charge in [-0.2, -0.15) is 0 Å². The molecule has 0 bridgehead atoms. The monoisotopic (exact) mass is 651 g/mol. The fraction of sp³-hybridized carbons (Fsp3) is 0.125. The van der Waals surface area contributed by atoms with E-state index in [0.717, 1.165) is 44.1 Å². The molecule has 0 saturated heterocycles. The van der Waals surface area contributed by atoms with Gasteiger partial charge in [0.05, 0.1) is 44.1 Å². The number of H-pyrrole nitrogens is 4. The van der Waals surface area contributed by atoms with E-state index in [0.29, 0.717) is 23.3 Å². The molecule has 4 unspecified atom stereocenters. The van der Waals surface area contributed by atoms with Crippen molar-refractivity contribution in [2.24, 2.45) is 0 Å². The van der Waals surface area contributed by atoms with E-state index in [4.69, 9.17) is 0 Å². The van der Waals surface area contributed by atoms with Crippen LogP contribution in [0.25, 0.3) is 44.1 Å². The Hall–Kier alpha value is -4.88. The molecule has 0 saturated carbocycles. The van der Waals surface area contributed by atoms with E-state index in [1.54, 1.807) is 0 Å². The molecule has 8 N–H and O–H groups in total. The number of para-hydroxylation sites is 8. The number of rotatable bonds is 6. The van der Waals surface area contributed by atoms with E-state index in [9.17, 15) is 20.4 Å². The number of nitrogens with one attached hydrogen (secondary N) is 4. The molecule has 4 aromatic heterocycles. The zero-order valence-electron chi connectivity index (χ0n) is 23.4. The summed E-state index contributed by atoms with van der Waals surface area (Å²) in [6.07, 6.45) is -4.75. The van der Waals surface area contributed by atoms with Crippen molar-refractivity contribution < 1.29 is 37.5 Å². The quantitative estimate of drug-likeness (QED) is 0.121. The van der Waals surface area contributed by atoms with E-state index < -0.39 is 24.4 Å². The molecular weight excluding hydrogens is 624 g/mol. The smallest absolute Gasteiger partial charge is 0.382 e. The molecule has 45 heavy (non-hydrogen) atoms. The Kier molecular flexibility index (Phi) is 8.46. The third-order valence-corrected chi connectivity index (χ3v) is 7.35. The van der Waals surface area contributed by atoms with Gasteiger partial charge in [-0.3, -0.25) is 0 Å². The van der Waals surface area contributed by atoms with Gasteiger partial charge in [-0.25, -0.2) is 19.9 Å². The average Bonchev–Trinajstić information content (AvgIpc) is 3.86. The molecule has 12 nitrogen and oxygen atoms in total. The number of benzene rings is 4. The molecule has 0 aliphatic rings. The fourth-order valence-electron chi connectivity index (χ4n) is 5.05. The van der Waals surface area contributed by atoms with E-state index in [1.807, 2.05) is 97.1 Å². The van der Waals surface area contributed by atoms with Crippen LogP contribution in [-0.4, -0.2) is 60.3 Å². The van der Waals surface area contributed by atoms with Crippen LogP contribution >= 0.6 is 0 Å². The number of aromatic nitrogens is 8. The van der Waals surface area contributed by atoms with Gasteiger partial charge in [0.15, 0.2) is 0 Å². The predicted molar refractivity (Wildman–Crippen MR) is 164 cm³/mol. The third kappa shape index (κ3) is 5.96. The minimum atomic E-state index is -1.19. The van der Waals surface area contributed by atoms with Gasteiger partial charge in [-0.1, -0.05) is 48.5 Å². The zero-order valence-corrected chi connectivity index (χ0v) is 24.4. The van der Waals surface area contributed by atoms with Crippen molar-refractivity contribution in [1.82, 2.24) is 39.9 Å². The number of aliphatic hydroxyl groups is 4. The van der Waals surface area contributed by atoms with Crippen molar-refractivity contribution in [2.45, 2.75) is 24.4 Å². The second-order valence-electron chi connectivity index (χ2n) is 10.3. The average molecular weight is 652 g/mol. The molecule has 4 aromatic carbocycles. The minimum absolute atomic E-state index is 0. The summed E-state index contributed by atoms with van der Waals surface area (Å²) in [5, 5.41) is 41.5. The summed E-state index contributed by atoms with van der Waals surface area (Å²) in [5.41, 5.74) is 6.23.